The minimum atomic E-state index is 0.0120. The number of ether oxygens (including phenoxy) is 1. The van der Waals surface area contributed by atoms with Crippen LogP contribution in [-0.4, -0.2) is 32.3 Å². The molecule has 3 aromatic heterocycles. The molecule has 0 spiro atoms. The van der Waals surface area contributed by atoms with Gasteiger partial charge in [-0.15, -0.1) is 0 Å². The minimum Gasteiger partial charge on any atom is -0.381 e. The maximum absolute atomic E-state index is 12.2. The Morgan fingerprint density at radius 1 is 1.13 bits per heavy atom. The van der Waals surface area contributed by atoms with Crippen molar-refractivity contribution in [2.24, 2.45) is 7.05 Å². The van der Waals surface area contributed by atoms with Crippen LogP contribution >= 0.6 is 0 Å². The normalized spacial score (nSPS) is 14.9. The van der Waals surface area contributed by atoms with Crippen molar-refractivity contribution in [1.29, 1.82) is 0 Å². The molecule has 6 heteroatoms. The van der Waals surface area contributed by atoms with E-state index in [2.05, 4.69) is 27.8 Å². The van der Waals surface area contributed by atoms with E-state index < -0.39 is 0 Å². The molecule has 0 bridgehead atoms. The summed E-state index contributed by atoms with van der Waals surface area (Å²) in [5.74, 6) is 1.36. The molecule has 0 N–H and O–H groups in total. The second-order valence-electron chi connectivity index (χ2n) is 8.31. The number of aromatic nitrogens is 4. The second kappa shape index (κ2) is 8.12. The molecule has 0 radical (unpaired) electrons. The Morgan fingerprint density at radius 2 is 1.97 bits per heavy atom. The van der Waals surface area contributed by atoms with Crippen molar-refractivity contribution in [3.63, 3.8) is 0 Å². The lowest BCUT2D eigenvalue weighted by atomic mass is 9.91. The smallest absolute Gasteiger partial charge is 0.253 e. The summed E-state index contributed by atoms with van der Waals surface area (Å²) < 4.78 is 9.40. The van der Waals surface area contributed by atoms with Crippen LogP contribution in [0.3, 0.4) is 0 Å². The standard InChI is InChI=1S/C25H26N4O2/c1-17-13-20(15-28(2)25(17)30)24-27-22-7-6-19(18-8-11-31-12-9-18)14-23(22)29(24)16-21-5-3-4-10-26-21/h3-7,10,13-15,18H,8-9,11-12,16H2,1-2H3. The number of fused-ring (bicyclic) bond motifs is 1. The fourth-order valence-corrected chi connectivity index (χ4v) is 4.46. The third kappa shape index (κ3) is 3.79. The Hall–Kier alpha value is -3.25. The van der Waals surface area contributed by atoms with E-state index in [4.69, 9.17) is 9.72 Å². The van der Waals surface area contributed by atoms with E-state index in [0.29, 0.717) is 18.0 Å². The van der Waals surface area contributed by atoms with Crippen molar-refractivity contribution in [3.8, 4) is 11.4 Å². The van der Waals surface area contributed by atoms with Crippen molar-refractivity contribution in [2.45, 2.75) is 32.2 Å². The number of aryl methyl sites for hydroxylation is 2. The third-order valence-corrected chi connectivity index (χ3v) is 6.13. The first-order valence-corrected chi connectivity index (χ1v) is 10.8. The van der Waals surface area contributed by atoms with Crippen molar-refractivity contribution < 1.29 is 4.74 Å². The molecule has 158 valence electrons. The Kier molecular flexibility index (Phi) is 5.16. The minimum absolute atomic E-state index is 0.0120. The molecule has 4 aromatic rings. The molecule has 0 unspecified atom stereocenters. The van der Waals surface area contributed by atoms with Crippen LogP contribution in [0.25, 0.3) is 22.4 Å². The number of benzene rings is 1. The molecule has 1 aliphatic rings. The Morgan fingerprint density at radius 3 is 2.71 bits per heavy atom. The van der Waals surface area contributed by atoms with Gasteiger partial charge in [0.2, 0.25) is 0 Å². The number of hydrogen-bond acceptors (Lipinski definition) is 4. The van der Waals surface area contributed by atoms with Gasteiger partial charge in [-0.2, -0.15) is 0 Å². The van der Waals surface area contributed by atoms with Crippen LogP contribution in [0.1, 0.15) is 35.6 Å². The molecule has 4 heterocycles. The predicted molar refractivity (Wildman–Crippen MR) is 121 cm³/mol. The van der Waals surface area contributed by atoms with Gasteiger partial charge in [-0.1, -0.05) is 12.1 Å². The topological polar surface area (TPSA) is 61.9 Å². The molecule has 1 aromatic carbocycles. The molecule has 0 saturated carbocycles. The summed E-state index contributed by atoms with van der Waals surface area (Å²) in [6.45, 7) is 4.10. The Labute approximate surface area is 181 Å². The van der Waals surface area contributed by atoms with Crippen molar-refractivity contribution in [1.82, 2.24) is 19.1 Å². The molecule has 6 nitrogen and oxygen atoms in total. The van der Waals surface area contributed by atoms with Gasteiger partial charge in [0, 0.05) is 43.8 Å². The molecule has 0 aliphatic carbocycles. The van der Waals surface area contributed by atoms with Gasteiger partial charge in [-0.05, 0) is 61.6 Å². The van der Waals surface area contributed by atoms with Crippen LogP contribution < -0.4 is 5.56 Å². The lowest BCUT2D eigenvalue weighted by Gasteiger charge is -2.22. The Bertz CT molecular complexity index is 1260. The summed E-state index contributed by atoms with van der Waals surface area (Å²) in [7, 11) is 1.79. The summed E-state index contributed by atoms with van der Waals surface area (Å²) >= 11 is 0. The molecule has 5 rings (SSSR count). The highest BCUT2D eigenvalue weighted by Crippen LogP contribution is 2.32. The van der Waals surface area contributed by atoms with Gasteiger partial charge in [0.25, 0.3) is 5.56 Å². The van der Waals surface area contributed by atoms with E-state index in [1.807, 2.05) is 43.6 Å². The quantitative estimate of drug-likeness (QED) is 0.505. The van der Waals surface area contributed by atoms with Gasteiger partial charge < -0.3 is 13.9 Å². The van der Waals surface area contributed by atoms with Crippen LogP contribution in [0.15, 0.2) is 59.7 Å². The van der Waals surface area contributed by atoms with Crippen LogP contribution in [0, 0.1) is 6.92 Å². The highest BCUT2D eigenvalue weighted by Gasteiger charge is 2.20. The van der Waals surface area contributed by atoms with Crippen LogP contribution in [0.4, 0.5) is 0 Å². The first-order chi connectivity index (χ1) is 15.1. The molecule has 1 saturated heterocycles. The zero-order valence-corrected chi connectivity index (χ0v) is 17.9. The summed E-state index contributed by atoms with van der Waals surface area (Å²) in [5, 5.41) is 0. The number of rotatable bonds is 4. The lowest BCUT2D eigenvalue weighted by Crippen LogP contribution is -2.19. The average molecular weight is 415 g/mol. The van der Waals surface area contributed by atoms with Gasteiger partial charge in [0.1, 0.15) is 5.82 Å². The highest BCUT2D eigenvalue weighted by molar-refractivity contribution is 5.81. The van der Waals surface area contributed by atoms with E-state index in [0.717, 1.165) is 54.2 Å². The molecule has 0 amide bonds. The SMILES string of the molecule is Cc1cc(-c2nc3ccc(C4CCOCC4)cc3n2Cc2ccccn2)cn(C)c1=O. The number of pyridine rings is 2. The summed E-state index contributed by atoms with van der Waals surface area (Å²) in [6, 6.07) is 14.5. The average Bonchev–Trinajstić information content (AvgIpc) is 3.16. The van der Waals surface area contributed by atoms with E-state index in [9.17, 15) is 4.79 Å². The van der Waals surface area contributed by atoms with E-state index in [1.54, 1.807) is 11.6 Å². The monoisotopic (exact) mass is 414 g/mol. The van der Waals surface area contributed by atoms with Crippen molar-refractivity contribution in [2.75, 3.05) is 13.2 Å². The zero-order chi connectivity index (χ0) is 21.4. The lowest BCUT2D eigenvalue weighted by molar-refractivity contribution is 0.0853. The molecule has 1 fully saturated rings. The van der Waals surface area contributed by atoms with Crippen LogP contribution in [0.2, 0.25) is 0 Å². The Balaban J connectivity index is 1.68. The summed E-state index contributed by atoms with van der Waals surface area (Å²) in [4.78, 5) is 21.7. The summed E-state index contributed by atoms with van der Waals surface area (Å²) in [6.07, 6.45) is 5.78. The van der Waals surface area contributed by atoms with Crippen LogP contribution in [0.5, 0.6) is 0 Å². The zero-order valence-electron chi connectivity index (χ0n) is 17.9. The van der Waals surface area contributed by atoms with Gasteiger partial charge in [-0.25, -0.2) is 4.98 Å². The van der Waals surface area contributed by atoms with Crippen molar-refractivity contribution >= 4 is 11.0 Å². The first-order valence-electron chi connectivity index (χ1n) is 10.8. The maximum atomic E-state index is 12.2. The number of nitrogens with zero attached hydrogens (tertiary/aromatic N) is 4. The first kappa shape index (κ1) is 19.7. The molecule has 1 aliphatic heterocycles. The number of imidazole rings is 1. The van der Waals surface area contributed by atoms with Crippen LogP contribution in [-0.2, 0) is 18.3 Å². The highest BCUT2D eigenvalue weighted by atomic mass is 16.5. The third-order valence-electron chi connectivity index (χ3n) is 6.13. The summed E-state index contributed by atoms with van der Waals surface area (Å²) in [5.41, 5.74) is 6.00. The number of hydrogen-bond donors (Lipinski definition) is 0. The van der Waals surface area contributed by atoms with Gasteiger partial charge >= 0.3 is 0 Å². The fourth-order valence-electron chi connectivity index (χ4n) is 4.46. The predicted octanol–water partition coefficient (Wildman–Crippen LogP) is 4.05. The van der Waals surface area contributed by atoms with E-state index in [-0.39, 0.29) is 5.56 Å². The maximum Gasteiger partial charge on any atom is 0.253 e. The van der Waals surface area contributed by atoms with E-state index in [1.165, 1.54) is 5.56 Å². The van der Waals surface area contributed by atoms with Gasteiger partial charge in [0.15, 0.2) is 0 Å². The molecular formula is C25H26N4O2. The second-order valence-corrected chi connectivity index (χ2v) is 8.31. The van der Waals surface area contributed by atoms with Gasteiger partial charge in [0.05, 0.1) is 23.3 Å². The fraction of sp³-hybridized carbons (Fsp3) is 0.320. The molecule has 0 atom stereocenters. The van der Waals surface area contributed by atoms with Crippen molar-refractivity contribution in [3.05, 3.63) is 82.0 Å². The molecular weight excluding hydrogens is 388 g/mol. The largest absolute Gasteiger partial charge is 0.381 e. The van der Waals surface area contributed by atoms with E-state index >= 15 is 0 Å². The van der Waals surface area contributed by atoms with Gasteiger partial charge in [-0.3, -0.25) is 9.78 Å². The molecule has 31 heavy (non-hydrogen) atoms.